The second kappa shape index (κ2) is 7.51. The van der Waals surface area contributed by atoms with Crippen molar-refractivity contribution in [3.63, 3.8) is 0 Å². The van der Waals surface area contributed by atoms with Gasteiger partial charge in [-0.1, -0.05) is 48.5 Å². The van der Waals surface area contributed by atoms with Crippen LogP contribution in [0.4, 0.5) is 0 Å². The van der Waals surface area contributed by atoms with Gasteiger partial charge in [-0.25, -0.2) is 0 Å². The van der Waals surface area contributed by atoms with E-state index in [-0.39, 0.29) is 16.9 Å². The quantitative estimate of drug-likeness (QED) is 0.439. The van der Waals surface area contributed by atoms with Crippen LogP contribution in [0, 0.1) is 16.0 Å². The van der Waals surface area contributed by atoms with Gasteiger partial charge < -0.3 is 5.32 Å². The van der Waals surface area contributed by atoms with Gasteiger partial charge in [0.15, 0.2) is 0 Å². The zero-order valence-corrected chi connectivity index (χ0v) is 14.6. The van der Waals surface area contributed by atoms with E-state index in [0.29, 0.717) is 12.1 Å². The Hall–Kier alpha value is -2.62. The van der Waals surface area contributed by atoms with Crippen LogP contribution in [-0.4, -0.2) is 4.92 Å². The molecular weight excluding hydrogens is 312 g/mol. The van der Waals surface area contributed by atoms with Gasteiger partial charge in [0.25, 0.3) is 5.70 Å². The minimum absolute atomic E-state index is 0.00136. The summed E-state index contributed by atoms with van der Waals surface area (Å²) in [6, 6.07) is 14.5. The number of rotatable bonds is 6. The molecule has 1 aliphatic rings. The summed E-state index contributed by atoms with van der Waals surface area (Å²) < 4.78 is 0. The zero-order valence-electron chi connectivity index (χ0n) is 14.6. The number of nitro groups is 1. The highest BCUT2D eigenvalue weighted by atomic mass is 16.6. The fourth-order valence-corrected chi connectivity index (χ4v) is 3.80. The summed E-state index contributed by atoms with van der Waals surface area (Å²) in [7, 11) is 0. The summed E-state index contributed by atoms with van der Waals surface area (Å²) in [5, 5.41) is 17.4. The maximum Gasteiger partial charge on any atom is 0.265 e. The molecule has 2 atom stereocenters. The van der Waals surface area contributed by atoms with E-state index in [1.54, 1.807) is 0 Å². The third-order valence-electron chi connectivity index (χ3n) is 5.02. The van der Waals surface area contributed by atoms with Crippen molar-refractivity contribution in [3.8, 4) is 0 Å². The summed E-state index contributed by atoms with van der Waals surface area (Å²) in [5.41, 5.74) is 2.29. The SMILES string of the molecule is C=CC[C@@H]1CCCC([N+](=O)[O-])=C1N[C@@H](C)c1cccc2ccccc12. The van der Waals surface area contributed by atoms with E-state index >= 15 is 0 Å². The molecule has 0 aliphatic heterocycles. The van der Waals surface area contributed by atoms with Gasteiger partial charge >= 0.3 is 0 Å². The first-order valence-electron chi connectivity index (χ1n) is 8.84. The molecule has 1 aliphatic carbocycles. The van der Waals surface area contributed by atoms with E-state index in [1.165, 1.54) is 10.8 Å². The van der Waals surface area contributed by atoms with E-state index < -0.39 is 0 Å². The van der Waals surface area contributed by atoms with Gasteiger partial charge in [-0.3, -0.25) is 10.1 Å². The number of nitrogens with one attached hydrogen (secondary N) is 1. The number of fused-ring (bicyclic) bond motifs is 1. The van der Waals surface area contributed by atoms with Crippen LogP contribution in [0.3, 0.4) is 0 Å². The molecule has 0 saturated heterocycles. The van der Waals surface area contributed by atoms with Crippen LogP contribution in [0.1, 0.15) is 44.2 Å². The number of benzene rings is 2. The van der Waals surface area contributed by atoms with Gasteiger partial charge in [-0.15, -0.1) is 6.58 Å². The van der Waals surface area contributed by atoms with Gasteiger partial charge in [0.1, 0.15) is 0 Å². The first-order chi connectivity index (χ1) is 12.1. The molecule has 1 N–H and O–H groups in total. The van der Waals surface area contributed by atoms with Crippen molar-refractivity contribution >= 4 is 10.8 Å². The molecule has 0 unspecified atom stereocenters. The van der Waals surface area contributed by atoms with Gasteiger partial charge in [-0.2, -0.15) is 0 Å². The number of hydrogen-bond donors (Lipinski definition) is 1. The van der Waals surface area contributed by atoms with Crippen molar-refractivity contribution in [2.24, 2.45) is 5.92 Å². The topological polar surface area (TPSA) is 55.2 Å². The number of allylic oxidation sites excluding steroid dienone is 3. The summed E-state index contributed by atoms with van der Waals surface area (Å²) in [5.74, 6) is 0.157. The lowest BCUT2D eigenvalue weighted by atomic mass is 9.87. The van der Waals surface area contributed by atoms with Crippen LogP contribution < -0.4 is 5.32 Å². The largest absolute Gasteiger partial charge is 0.376 e. The van der Waals surface area contributed by atoms with Crippen LogP contribution in [0.15, 0.2) is 66.5 Å². The third-order valence-corrected chi connectivity index (χ3v) is 5.02. The Morgan fingerprint density at radius 2 is 2.08 bits per heavy atom. The normalized spacial score (nSPS) is 18.8. The monoisotopic (exact) mass is 336 g/mol. The van der Waals surface area contributed by atoms with Crippen molar-refractivity contribution in [2.45, 2.75) is 38.6 Å². The zero-order chi connectivity index (χ0) is 17.8. The highest BCUT2D eigenvalue weighted by molar-refractivity contribution is 5.86. The van der Waals surface area contributed by atoms with Crippen LogP contribution in [-0.2, 0) is 0 Å². The minimum Gasteiger partial charge on any atom is -0.376 e. The van der Waals surface area contributed by atoms with Crippen LogP contribution in [0.5, 0.6) is 0 Å². The first kappa shape index (κ1) is 17.2. The van der Waals surface area contributed by atoms with E-state index in [1.807, 2.05) is 24.3 Å². The van der Waals surface area contributed by atoms with Crippen molar-refractivity contribution in [1.82, 2.24) is 5.32 Å². The Labute approximate surface area is 148 Å². The first-order valence-corrected chi connectivity index (χ1v) is 8.84. The van der Waals surface area contributed by atoms with Gasteiger partial charge in [-0.05, 0) is 42.5 Å². The molecular formula is C21H24N2O2. The fourth-order valence-electron chi connectivity index (χ4n) is 3.80. The Balaban J connectivity index is 1.97. The lowest BCUT2D eigenvalue weighted by Gasteiger charge is -2.28. The molecule has 0 amide bonds. The standard InChI is InChI=1S/C21H24N2O2/c1-3-8-17-11-7-14-20(23(24)25)21(17)22-15(2)18-13-6-10-16-9-4-5-12-19(16)18/h3-6,9-10,12-13,15,17,22H,1,7-8,11,14H2,2H3/t15-,17+/m0/s1. The Morgan fingerprint density at radius 3 is 2.84 bits per heavy atom. The lowest BCUT2D eigenvalue weighted by Crippen LogP contribution is -2.29. The molecule has 3 rings (SSSR count). The van der Waals surface area contributed by atoms with E-state index in [4.69, 9.17) is 0 Å². The van der Waals surface area contributed by atoms with E-state index in [9.17, 15) is 10.1 Å². The number of hydrogen-bond acceptors (Lipinski definition) is 3. The van der Waals surface area contributed by atoms with E-state index in [0.717, 1.165) is 30.5 Å². The highest BCUT2D eigenvalue weighted by Crippen LogP contribution is 2.34. The van der Waals surface area contributed by atoms with Gasteiger partial charge in [0.05, 0.1) is 10.6 Å². The van der Waals surface area contributed by atoms with E-state index in [2.05, 4.69) is 43.1 Å². The summed E-state index contributed by atoms with van der Waals surface area (Å²) in [6.45, 7) is 5.89. The Morgan fingerprint density at radius 1 is 1.32 bits per heavy atom. The maximum atomic E-state index is 11.5. The van der Waals surface area contributed by atoms with Crippen molar-refractivity contribution < 1.29 is 4.92 Å². The molecule has 130 valence electrons. The van der Waals surface area contributed by atoms with Gasteiger partial charge in [0.2, 0.25) is 0 Å². The molecule has 4 nitrogen and oxygen atoms in total. The summed E-state index contributed by atoms with van der Waals surface area (Å²) in [4.78, 5) is 11.3. The van der Waals surface area contributed by atoms with Gasteiger partial charge in [0, 0.05) is 18.4 Å². The molecule has 0 heterocycles. The minimum atomic E-state index is -0.215. The highest BCUT2D eigenvalue weighted by Gasteiger charge is 2.30. The molecule has 0 fully saturated rings. The average molecular weight is 336 g/mol. The predicted molar refractivity (Wildman–Crippen MR) is 102 cm³/mol. The average Bonchev–Trinajstić information content (AvgIpc) is 2.62. The maximum absolute atomic E-state index is 11.5. The summed E-state index contributed by atoms with van der Waals surface area (Å²) in [6.07, 6.45) is 4.99. The second-order valence-electron chi connectivity index (χ2n) is 6.67. The molecule has 25 heavy (non-hydrogen) atoms. The number of nitrogens with zero attached hydrogens (tertiary/aromatic N) is 1. The third kappa shape index (κ3) is 3.58. The fraction of sp³-hybridized carbons (Fsp3) is 0.333. The molecule has 2 aromatic carbocycles. The Bertz CT molecular complexity index is 820. The smallest absolute Gasteiger partial charge is 0.265 e. The van der Waals surface area contributed by atoms with Crippen LogP contribution >= 0.6 is 0 Å². The lowest BCUT2D eigenvalue weighted by molar-refractivity contribution is -0.431. The molecule has 0 radical (unpaired) electrons. The van der Waals surface area contributed by atoms with Crippen molar-refractivity contribution in [1.29, 1.82) is 0 Å². The molecule has 0 bridgehead atoms. The van der Waals surface area contributed by atoms with Crippen molar-refractivity contribution in [3.05, 3.63) is 82.2 Å². The second-order valence-corrected chi connectivity index (χ2v) is 6.67. The van der Waals surface area contributed by atoms with Crippen LogP contribution in [0.2, 0.25) is 0 Å². The van der Waals surface area contributed by atoms with Crippen LogP contribution in [0.25, 0.3) is 10.8 Å². The molecule has 0 aromatic heterocycles. The Kier molecular flexibility index (Phi) is 5.17. The predicted octanol–water partition coefficient (Wildman–Crippen LogP) is 5.35. The molecule has 0 spiro atoms. The van der Waals surface area contributed by atoms with Crippen molar-refractivity contribution in [2.75, 3.05) is 0 Å². The summed E-state index contributed by atoms with van der Waals surface area (Å²) >= 11 is 0. The molecule has 4 heteroatoms. The molecule has 2 aromatic rings. The molecule has 0 saturated carbocycles.